The molecule has 1 aliphatic rings. The maximum atomic E-state index is 11.6. The van der Waals surface area contributed by atoms with Crippen molar-refractivity contribution in [2.75, 3.05) is 6.61 Å². The van der Waals surface area contributed by atoms with Crippen molar-refractivity contribution in [1.82, 2.24) is 0 Å². The highest BCUT2D eigenvalue weighted by molar-refractivity contribution is 7.92. The maximum absolute atomic E-state index is 11.6. The highest BCUT2D eigenvalue weighted by atomic mass is 32.1. The molecule has 0 radical (unpaired) electrons. The molecule has 0 amide bonds. The first-order valence-electron chi connectivity index (χ1n) is 3.53. The lowest BCUT2D eigenvalue weighted by molar-refractivity contribution is 0.112. The molecule has 1 aliphatic heterocycles. The van der Waals surface area contributed by atoms with Crippen LogP contribution < -0.4 is 0 Å². The summed E-state index contributed by atoms with van der Waals surface area (Å²) in [5.41, 5.74) is 0. The van der Waals surface area contributed by atoms with Crippen molar-refractivity contribution in [2.45, 2.75) is 31.4 Å². The molecule has 1 rings (SSSR count). The molecule has 3 nitrogen and oxygen atoms in total. The van der Waals surface area contributed by atoms with E-state index in [2.05, 4.69) is 12.6 Å². The zero-order valence-corrected chi connectivity index (χ0v) is 8.69. The van der Waals surface area contributed by atoms with Crippen molar-refractivity contribution in [3.63, 3.8) is 0 Å². The summed E-state index contributed by atoms with van der Waals surface area (Å²) in [4.78, 5) is 0. The second-order valence-electron chi connectivity index (χ2n) is 3.14. The molecule has 0 aromatic carbocycles. The lowest BCUT2D eigenvalue weighted by Crippen LogP contribution is -2.37. The van der Waals surface area contributed by atoms with Gasteiger partial charge in [0.25, 0.3) is 0 Å². The Kier molecular flexibility index (Phi) is 2.41. The minimum Gasteiger partial charge on any atom is -0.305 e. The fourth-order valence-electron chi connectivity index (χ4n) is 0.778. The fourth-order valence-corrected chi connectivity index (χ4v) is 2.82. The third kappa shape index (κ3) is 1.64. The number of hydrogen-bond donors (Lipinski definition) is 1. The number of thiol groups is 1. The molecule has 2 atom stereocenters. The summed E-state index contributed by atoms with van der Waals surface area (Å²) >= 11 is 4.18. The van der Waals surface area contributed by atoms with Gasteiger partial charge in [-0.1, -0.05) is 0 Å². The summed E-state index contributed by atoms with van der Waals surface area (Å²) in [7, 11) is -2.89. The molecule has 2 unspecified atom stereocenters. The van der Waals surface area contributed by atoms with Gasteiger partial charge in [-0.2, -0.15) is 12.6 Å². The van der Waals surface area contributed by atoms with Crippen LogP contribution in [0, 0.1) is 0 Å². The van der Waals surface area contributed by atoms with Gasteiger partial charge in [-0.15, -0.1) is 0 Å². The Morgan fingerprint density at radius 3 is 2.36 bits per heavy atom. The minimum atomic E-state index is -2.89. The van der Waals surface area contributed by atoms with Gasteiger partial charge >= 0.3 is 7.60 Å². The van der Waals surface area contributed by atoms with Crippen LogP contribution in [0.15, 0.2) is 0 Å². The lowest BCUT2D eigenvalue weighted by atomic mass is 10.5. The molecule has 0 aromatic rings. The molecular weight excluding hydrogens is 183 g/mol. The van der Waals surface area contributed by atoms with Gasteiger partial charge in [-0.05, 0) is 20.8 Å². The first-order valence-corrected chi connectivity index (χ1v) is 5.52. The van der Waals surface area contributed by atoms with E-state index in [0.717, 1.165) is 0 Å². The number of hydrogen-bond acceptors (Lipinski definition) is 4. The molecule has 1 saturated heterocycles. The van der Waals surface area contributed by atoms with Gasteiger partial charge in [-0.3, -0.25) is 4.57 Å². The van der Waals surface area contributed by atoms with Crippen LogP contribution in [-0.2, 0) is 13.6 Å². The Morgan fingerprint density at radius 1 is 1.73 bits per heavy atom. The van der Waals surface area contributed by atoms with Crippen LogP contribution in [0.1, 0.15) is 20.8 Å². The van der Waals surface area contributed by atoms with E-state index in [1.54, 1.807) is 6.92 Å². The topological polar surface area (TPSA) is 35.5 Å². The van der Waals surface area contributed by atoms with E-state index in [1.165, 1.54) is 0 Å². The summed E-state index contributed by atoms with van der Waals surface area (Å²) in [6.07, 6.45) is -0.0763. The second-order valence-corrected chi connectivity index (χ2v) is 6.93. The normalized spacial score (nSPS) is 44.1. The van der Waals surface area contributed by atoms with Crippen LogP contribution in [0.4, 0.5) is 0 Å². The summed E-state index contributed by atoms with van der Waals surface area (Å²) < 4.78 is 21.1. The largest absolute Gasteiger partial charge is 0.348 e. The monoisotopic (exact) mass is 196 g/mol. The van der Waals surface area contributed by atoms with E-state index < -0.39 is 12.1 Å². The zero-order chi connectivity index (χ0) is 8.70. The van der Waals surface area contributed by atoms with Crippen molar-refractivity contribution in [3.05, 3.63) is 0 Å². The molecule has 5 heteroatoms. The van der Waals surface area contributed by atoms with Crippen LogP contribution in [0.2, 0.25) is 0 Å². The van der Waals surface area contributed by atoms with Crippen molar-refractivity contribution in [3.8, 4) is 0 Å². The zero-order valence-electron chi connectivity index (χ0n) is 6.90. The smallest absolute Gasteiger partial charge is 0.305 e. The van der Waals surface area contributed by atoms with E-state index in [4.69, 9.17) is 9.05 Å². The van der Waals surface area contributed by atoms with Crippen LogP contribution in [0.3, 0.4) is 0 Å². The maximum Gasteiger partial charge on any atom is 0.348 e. The summed E-state index contributed by atoms with van der Waals surface area (Å²) in [5.74, 6) is 0. The molecule has 0 bridgehead atoms. The Morgan fingerprint density at radius 2 is 2.27 bits per heavy atom. The lowest BCUT2D eigenvalue weighted by Gasteiger charge is -2.41. The molecule has 0 spiro atoms. The minimum absolute atomic E-state index is 0.0763. The van der Waals surface area contributed by atoms with Crippen LogP contribution in [0.5, 0.6) is 0 Å². The SMILES string of the molecule is CC(C)OP1(=O)OCC1(C)S. The van der Waals surface area contributed by atoms with Crippen molar-refractivity contribution < 1.29 is 13.6 Å². The fraction of sp³-hybridized carbons (Fsp3) is 1.00. The van der Waals surface area contributed by atoms with E-state index >= 15 is 0 Å². The average molecular weight is 196 g/mol. The Balaban J connectivity index is 2.63. The first-order chi connectivity index (χ1) is 4.87. The van der Waals surface area contributed by atoms with Crippen molar-refractivity contribution >= 4 is 20.2 Å². The Bertz CT molecular complexity index is 202. The summed E-state index contributed by atoms with van der Waals surface area (Å²) in [6.45, 7) is 5.82. The summed E-state index contributed by atoms with van der Waals surface area (Å²) in [6, 6.07) is 0. The van der Waals surface area contributed by atoms with Crippen LogP contribution in [-0.4, -0.2) is 17.2 Å². The highest BCUT2D eigenvalue weighted by Crippen LogP contribution is 2.70. The van der Waals surface area contributed by atoms with Crippen molar-refractivity contribution in [1.29, 1.82) is 0 Å². The third-order valence-electron chi connectivity index (χ3n) is 1.45. The van der Waals surface area contributed by atoms with Gasteiger partial charge in [0.05, 0.1) is 12.7 Å². The van der Waals surface area contributed by atoms with Gasteiger partial charge in [0.2, 0.25) is 0 Å². The Labute approximate surface area is 72.4 Å². The Hall–Kier alpha value is 0.500. The summed E-state index contributed by atoms with van der Waals surface area (Å²) in [5, 5.41) is 0. The number of rotatable bonds is 2. The standard InChI is InChI=1S/C6H13O3PS/c1-5(2)9-10(7)6(3,11)4-8-10/h5,11H,4H2,1-3H3. The molecular formula is C6H13O3PS. The molecule has 0 aromatic heterocycles. The molecule has 66 valence electrons. The molecule has 1 heterocycles. The van der Waals surface area contributed by atoms with Gasteiger partial charge in [0.15, 0.2) is 0 Å². The highest BCUT2D eigenvalue weighted by Gasteiger charge is 2.55. The molecule has 0 aliphatic carbocycles. The molecule has 0 saturated carbocycles. The van der Waals surface area contributed by atoms with Gasteiger partial charge in [0, 0.05) is 0 Å². The molecule has 11 heavy (non-hydrogen) atoms. The molecule has 1 fully saturated rings. The average Bonchev–Trinajstić information content (AvgIpc) is 1.84. The predicted molar refractivity (Wildman–Crippen MR) is 47.2 cm³/mol. The van der Waals surface area contributed by atoms with Crippen LogP contribution >= 0.6 is 20.2 Å². The van der Waals surface area contributed by atoms with E-state index in [9.17, 15) is 4.57 Å². The van der Waals surface area contributed by atoms with Gasteiger partial charge in [0.1, 0.15) is 4.49 Å². The van der Waals surface area contributed by atoms with E-state index in [-0.39, 0.29) is 6.10 Å². The van der Waals surface area contributed by atoms with Crippen LogP contribution in [0.25, 0.3) is 0 Å². The predicted octanol–water partition coefficient (Wildman–Crippen LogP) is 2.28. The van der Waals surface area contributed by atoms with Gasteiger partial charge in [-0.25, -0.2) is 0 Å². The quantitative estimate of drug-likeness (QED) is 0.543. The van der Waals surface area contributed by atoms with E-state index in [1.807, 2.05) is 13.8 Å². The molecule has 0 N–H and O–H groups in total. The van der Waals surface area contributed by atoms with Crippen molar-refractivity contribution in [2.24, 2.45) is 0 Å². The first kappa shape index (κ1) is 9.59. The van der Waals surface area contributed by atoms with E-state index in [0.29, 0.717) is 6.61 Å². The third-order valence-corrected chi connectivity index (χ3v) is 4.79. The van der Waals surface area contributed by atoms with Gasteiger partial charge < -0.3 is 9.05 Å². The second kappa shape index (κ2) is 2.77.